The highest BCUT2D eigenvalue weighted by Gasteiger charge is 2.08. The lowest BCUT2D eigenvalue weighted by Crippen LogP contribution is -1.98. The molecular formula is C11H9BrN2O2S. The molecule has 0 aliphatic rings. The first kappa shape index (κ1) is 12.2. The molecule has 2 heterocycles. The van der Waals surface area contributed by atoms with Gasteiger partial charge in [-0.05, 0) is 40.2 Å². The van der Waals surface area contributed by atoms with E-state index < -0.39 is 9.84 Å². The molecular weight excluding hydrogens is 304 g/mol. The third kappa shape index (κ3) is 2.89. The largest absolute Gasteiger partial charge is 0.253 e. The molecule has 0 aliphatic heterocycles. The van der Waals surface area contributed by atoms with E-state index in [0.29, 0.717) is 11.4 Å². The first-order valence-electron chi connectivity index (χ1n) is 4.75. The Morgan fingerprint density at radius 3 is 2.00 bits per heavy atom. The predicted octanol–water partition coefficient (Wildman–Crippen LogP) is 2.31. The second kappa shape index (κ2) is 4.54. The molecule has 0 N–H and O–H groups in total. The van der Waals surface area contributed by atoms with E-state index in [1.165, 1.54) is 12.3 Å². The first-order chi connectivity index (χ1) is 7.97. The molecule has 0 atom stereocenters. The van der Waals surface area contributed by atoms with Crippen LogP contribution in [0.3, 0.4) is 0 Å². The first-order valence-corrected chi connectivity index (χ1v) is 7.43. The van der Waals surface area contributed by atoms with E-state index in [2.05, 4.69) is 25.9 Å². The maximum Gasteiger partial charge on any atom is 0.177 e. The number of hydrogen-bond donors (Lipinski definition) is 0. The maximum absolute atomic E-state index is 11.3. The summed E-state index contributed by atoms with van der Waals surface area (Å²) >= 11 is 3.29. The molecule has 6 heteroatoms. The van der Waals surface area contributed by atoms with Gasteiger partial charge in [-0.2, -0.15) is 0 Å². The van der Waals surface area contributed by atoms with E-state index >= 15 is 0 Å². The minimum absolute atomic E-state index is 0.207. The van der Waals surface area contributed by atoms with Crippen LogP contribution < -0.4 is 0 Å². The third-order valence-corrected chi connectivity index (χ3v) is 3.72. The molecule has 0 radical (unpaired) electrons. The van der Waals surface area contributed by atoms with Crippen LogP contribution in [0.15, 0.2) is 46.0 Å². The average Bonchev–Trinajstić information content (AvgIpc) is 2.29. The van der Waals surface area contributed by atoms with E-state index in [0.717, 1.165) is 10.7 Å². The molecule has 2 aromatic rings. The van der Waals surface area contributed by atoms with Crippen molar-refractivity contribution in [3.63, 3.8) is 0 Å². The summed E-state index contributed by atoms with van der Waals surface area (Å²) in [5.41, 5.74) is 1.35. The molecule has 4 nitrogen and oxygen atoms in total. The van der Waals surface area contributed by atoms with Gasteiger partial charge in [-0.25, -0.2) is 8.42 Å². The van der Waals surface area contributed by atoms with Crippen molar-refractivity contribution < 1.29 is 8.42 Å². The number of sulfone groups is 1. The molecule has 88 valence electrons. The Kier molecular flexibility index (Phi) is 3.26. The summed E-state index contributed by atoms with van der Waals surface area (Å²) in [4.78, 5) is 8.48. The normalized spacial score (nSPS) is 11.4. The lowest BCUT2D eigenvalue weighted by atomic mass is 10.2. The quantitative estimate of drug-likeness (QED) is 0.853. The minimum Gasteiger partial charge on any atom is -0.253 e. The van der Waals surface area contributed by atoms with Crippen LogP contribution in [0, 0.1) is 0 Å². The zero-order chi connectivity index (χ0) is 12.5. The van der Waals surface area contributed by atoms with Gasteiger partial charge in [0.1, 0.15) is 0 Å². The van der Waals surface area contributed by atoms with Gasteiger partial charge >= 0.3 is 0 Å². The molecule has 0 fully saturated rings. The molecule has 0 bridgehead atoms. The summed E-state index contributed by atoms with van der Waals surface area (Å²) in [7, 11) is -3.20. The molecule has 17 heavy (non-hydrogen) atoms. The summed E-state index contributed by atoms with van der Waals surface area (Å²) in [5, 5.41) is 0. The van der Waals surface area contributed by atoms with E-state index in [1.807, 2.05) is 12.1 Å². The number of halogens is 1. The van der Waals surface area contributed by atoms with Crippen molar-refractivity contribution in [2.75, 3.05) is 6.26 Å². The minimum atomic E-state index is -3.20. The number of nitrogens with zero attached hydrogens (tertiary/aromatic N) is 2. The second-order valence-electron chi connectivity index (χ2n) is 3.51. The molecule has 0 aliphatic carbocycles. The van der Waals surface area contributed by atoms with E-state index in [4.69, 9.17) is 0 Å². The van der Waals surface area contributed by atoms with Crippen LogP contribution in [0.4, 0.5) is 0 Å². The SMILES string of the molecule is CS(=O)(=O)c1ccc(-c2ccc(Br)cn2)nc1. The average molecular weight is 313 g/mol. The molecule has 2 rings (SSSR count). The van der Waals surface area contributed by atoms with Crippen LogP contribution in [0.1, 0.15) is 0 Å². The van der Waals surface area contributed by atoms with Gasteiger partial charge < -0.3 is 0 Å². The smallest absolute Gasteiger partial charge is 0.177 e. The van der Waals surface area contributed by atoms with Gasteiger partial charge in [0.2, 0.25) is 0 Å². The van der Waals surface area contributed by atoms with Gasteiger partial charge in [-0.15, -0.1) is 0 Å². The number of pyridine rings is 2. The van der Waals surface area contributed by atoms with Crippen LogP contribution >= 0.6 is 15.9 Å². The fraction of sp³-hybridized carbons (Fsp3) is 0.0909. The van der Waals surface area contributed by atoms with E-state index in [1.54, 1.807) is 12.3 Å². The fourth-order valence-electron chi connectivity index (χ4n) is 1.28. The predicted molar refractivity (Wildman–Crippen MR) is 68.3 cm³/mol. The molecule has 0 saturated heterocycles. The van der Waals surface area contributed by atoms with Crippen molar-refractivity contribution in [2.45, 2.75) is 4.90 Å². The number of rotatable bonds is 2. The monoisotopic (exact) mass is 312 g/mol. The standard InChI is InChI=1S/C11H9BrN2O2S/c1-17(15,16)9-3-5-11(14-7-9)10-4-2-8(12)6-13-10/h2-7H,1H3. The highest BCUT2D eigenvalue weighted by molar-refractivity contribution is 9.10. The summed E-state index contributed by atoms with van der Waals surface area (Å²) in [6.07, 6.45) is 4.16. The lowest BCUT2D eigenvalue weighted by Gasteiger charge is -2.01. The van der Waals surface area contributed by atoms with E-state index in [-0.39, 0.29) is 4.90 Å². The molecule has 0 aromatic carbocycles. The van der Waals surface area contributed by atoms with Crippen LogP contribution in [0.2, 0.25) is 0 Å². The Hall–Kier alpha value is -1.27. The number of aromatic nitrogens is 2. The van der Waals surface area contributed by atoms with Crippen LogP contribution in [-0.4, -0.2) is 24.6 Å². The zero-order valence-electron chi connectivity index (χ0n) is 8.96. The van der Waals surface area contributed by atoms with Crippen LogP contribution in [-0.2, 0) is 9.84 Å². The van der Waals surface area contributed by atoms with Crippen molar-refractivity contribution >= 4 is 25.8 Å². The Labute approximate surface area is 108 Å². The van der Waals surface area contributed by atoms with Gasteiger partial charge in [0.25, 0.3) is 0 Å². The molecule has 2 aromatic heterocycles. The van der Waals surface area contributed by atoms with Gasteiger partial charge in [0.05, 0.1) is 16.3 Å². The summed E-state index contributed by atoms with van der Waals surface area (Å²) in [6, 6.07) is 6.84. The summed E-state index contributed by atoms with van der Waals surface area (Å²) in [5.74, 6) is 0. The summed E-state index contributed by atoms with van der Waals surface area (Å²) in [6.45, 7) is 0. The third-order valence-electron chi connectivity index (χ3n) is 2.15. The Morgan fingerprint density at radius 1 is 1.00 bits per heavy atom. The van der Waals surface area contributed by atoms with Gasteiger partial charge in [0.15, 0.2) is 9.84 Å². The fourth-order valence-corrected chi connectivity index (χ4v) is 2.07. The van der Waals surface area contributed by atoms with Crippen molar-refractivity contribution in [1.82, 2.24) is 9.97 Å². The summed E-state index contributed by atoms with van der Waals surface area (Å²) < 4.78 is 23.4. The maximum atomic E-state index is 11.3. The van der Waals surface area contributed by atoms with Crippen LogP contribution in [0.5, 0.6) is 0 Å². The van der Waals surface area contributed by atoms with Gasteiger partial charge in [-0.1, -0.05) is 0 Å². The zero-order valence-corrected chi connectivity index (χ0v) is 11.4. The van der Waals surface area contributed by atoms with Crippen molar-refractivity contribution in [1.29, 1.82) is 0 Å². The van der Waals surface area contributed by atoms with Crippen molar-refractivity contribution in [3.8, 4) is 11.4 Å². The Morgan fingerprint density at radius 2 is 1.59 bits per heavy atom. The van der Waals surface area contributed by atoms with Crippen molar-refractivity contribution in [2.24, 2.45) is 0 Å². The van der Waals surface area contributed by atoms with E-state index in [9.17, 15) is 8.42 Å². The highest BCUT2D eigenvalue weighted by Crippen LogP contribution is 2.18. The molecule has 0 unspecified atom stereocenters. The lowest BCUT2D eigenvalue weighted by molar-refractivity contribution is 0.601. The van der Waals surface area contributed by atoms with Gasteiger partial charge in [-0.3, -0.25) is 9.97 Å². The second-order valence-corrected chi connectivity index (χ2v) is 6.44. The van der Waals surface area contributed by atoms with Crippen molar-refractivity contribution in [3.05, 3.63) is 41.1 Å². The topological polar surface area (TPSA) is 59.9 Å². The molecule has 0 saturated carbocycles. The molecule has 0 spiro atoms. The number of hydrogen-bond acceptors (Lipinski definition) is 4. The molecule has 0 amide bonds. The highest BCUT2D eigenvalue weighted by atomic mass is 79.9. The Bertz CT molecular complexity index is 622. The van der Waals surface area contributed by atoms with Crippen LogP contribution in [0.25, 0.3) is 11.4 Å². The van der Waals surface area contributed by atoms with Gasteiger partial charge in [0, 0.05) is 23.1 Å². The Balaban J connectivity index is 2.39.